The number of allylic oxidation sites excluding steroid dienone is 1. The topological polar surface area (TPSA) is 43.4 Å². The lowest BCUT2D eigenvalue weighted by atomic mass is 10.0. The van der Waals surface area contributed by atoms with Crippen LogP contribution in [0.4, 0.5) is 0 Å². The number of benzene rings is 2. The standard InChI is InChI=1S/C19H18O3/c1-2-3-5-10-18(20)22-17-13-11-16(12-14-17)19(21)15-8-6-4-7-9-15/h3-9,11-14H,2,10H2,1H3/b5-3+/i13D,14D. The molecule has 0 bridgehead atoms. The summed E-state index contributed by atoms with van der Waals surface area (Å²) in [5, 5.41) is 0. The van der Waals surface area contributed by atoms with E-state index in [1.807, 2.05) is 13.0 Å². The molecule has 0 aromatic heterocycles. The first-order chi connectivity index (χ1) is 11.5. The van der Waals surface area contributed by atoms with E-state index in [0.29, 0.717) is 5.56 Å². The number of hydrogen-bond acceptors (Lipinski definition) is 3. The van der Waals surface area contributed by atoms with Gasteiger partial charge in [0.15, 0.2) is 5.78 Å². The van der Waals surface area contributed by atoms with E-state index in [-0.39, 0.29) is 35.6 Å². The van der Waals surface area contributed by atoms with Crippen LogP contribution < -0.4 is 4.74 Å². The summed E-state index contributed by atoms with van der Waals surface area (Å²) in [5.74, 6) is -0.945. The molecule has 0 fully saturated rings. The third-order valence-corrected chi connectivity index (χ3v) is 2.92. The van der Waals surface area contributed by atoms with E-state index >= 15 is 0 Å². The fraction of sp³-hybridized carbons (Fsp3) is 0.158. The van der Waals surface area contributed by atoms with Gasteiger partial charge in [0, 0.05) is 11.1 Å². The second kappa shape index (κ2) is 7.93. The molecular weight excluding hydrogens is 276 g/mol. The number of ether oxygens (including phenoxy) is 1. The molecule has 0 heterocycles. The second-order valence-corrected chi connectivity index (χ2v) is 4.61. The highest BCUT2D eigenvalue weighted by molar-refractivity contribution is 6.09. The van der Waals surface area contributed by atoms with Gasteiger partial charge in [0.05, 0.1) is 9.16 Å². The Labute approximate surface area is 133 Å². The number of rotatable bonds is 6. The van der Waals surface area contributed by atoms with Gasteiger partial charge in [-0.25, -0.2) is 0 Å². The monoisotopic (exact) mass is 296 g/mol. The van der Waals surface area contributed by atoms with E-state index in [4.69, 9.17) is 7.48 Å². The fourth-order valence-electron chi connectivity index (χ4n) is 1.82. The lowest BCUT2D eigenvalue weighted by Gasteiger charge is -2.04. The Hall–Kier alpha value is -2.68. The van der Waals surface area contributed by atoms with Crippen molar-refractivity contribution in [3.8, 4) is 5.75 Å². The Kier molecular flexibility index (Phi) is 4.69. The van der Waals surface area contributed by atoms with E-state index in [9.17, 15) is 9.59 Å². The SMILES string of the molecule is [2H]c1cc(C(=O)c2ccccc2)cc([2H])c1OC(=O)C/C=C/CC. The maximum Gasteiger partial charge on any atom is 0.315 e. The Balaban J connectivity index is 2.21. The van der Waals surface area contributed by atoms with Crippen molar-refractivity contribution in [1.29, 1.82) is 0 Å². The molecule has 0 aliphatic rings. The molecule has 0 radical (unpaired) electrons. The Morgan fingerprint density at radius 3 is 2.32 bits per heavy atom. The lowest BCUT2D eigenvalue weighted by Crippen LogP contribution is -2.06. The van der Waals surface area contributed by atoms with E-state index in [1.54, 1.807) is 36.4 Å². The zero-order valence-electron chi connectivity index (χ0n) is 14.3. The van der Waals surface area contributed by atoms with Crippen molar-refractivity contribution in [1.82, 2.24) is 0 Å². The van der Waals surface area contributed by atoms with Crippen molar-refractivity contribution < 1.29 is 17.1 Å². The van der Waals surface area contributed by atoms with Crippen molar-refractivity contribution in [3.05, 3.63) is 77.8 Å². The van der Waals surface area contributed by atoms with Gasteiger partial charge in [-0.2, -0.15) is 0 Å². The zero-order valence-corrected chi connectivity index (χ0v) is 12.3. The number of hydrogen-bond donors (Lipinski definition) is 0. The molecule has 2 aromatic rings. The minimum Gasteiger partial charge on any atom is -0.426 e. The molecule has 0 aliphatic carbocycles. The van der Waals surface area contributed by atoms with Gasteiger partial charge in [-0.15, -0.1) is 0 Å². The average molecular weight is 296 g/mol. The molecule has 0 saturated carbocycles. The Morgan fingerprint density at radius 2 is 1.68 bits per heavy atom. The molecule has 0 N–H and O–H groups in total. The van der Waals surface area contributed by atoms with E-state index < -0.39 is 5.97 Å². The molecule has 2 rings (SSSR count). The van der Waals surface area contributed by atoms with Gasteiger partial charge in [-0.05, 0) is 30.6 Å². The first-order valence-electron chi connectivity index (χ1n) is 8.09. The quantitative estimate of drug-likeness (QED) is 0.347. The summed E-state index contributed by atoms with van der Waals surface area (Å²) in [4.78, 5) is 24.1. The molecule has 0 atom stereocenters. The maximum atomic E-state index is 12.4. The number of carbonyl (C=O) groups excluding carboxylic acids is 2. The maximum absolute atomic E-state index is 12.4. The first-order valence-corrected chi connectivity index (χ1v) is 7.09. The molecule has 0 unspecified atom stereocenters. The summed E-state index contributed by atoms with van der Waals surface area (Å²) in [5.41, 5.74) is 0.702. The van der Waals surface area contributed by atoms with E-state index in [2.05, 4.69) is 0 Å². The summed E-state index contributed by atoms with van der Waals surface area (Å²) >= 11 is 0. The largest absolute Gasteiger partial charge is 0.426 e. The fourth-order valence-corrected chi connectivity index (χ4v) is 1.82. The van der Waals surface area contributed by atoms with Crippen LogP contribution >= 0.6 is 0 Å². The highest BCUT2D eigenvalue weighted by Gasteiger charge is 2.09. The second-order valence-electron chi connectivity index (χ2n) is 4.61. The van der Waals surface area contributed by atoms with Gasteiger partial charge in [-0.1, -0.05) is 49.4 Å². The Bertz CT molecular complexity index is 744. The summed E-state index contributed by atoms with van der Waals surface area (Å²) in [7, 11) is 0. The minimum atomic E-state index is -0.538. The predicted octanol–water partition coefficient (Wildman–Crippen LogP) is 4.18. The highest BCUT2D eigenvalue weighted by atomic mass is 16.5. The summed E-state index contributed by atoms with van der Waals surface area (Å²) in [6, 6.07) is 11.0. The van der Waals surface area contributed by atoms with E-state index in [1.165, 1.54) is 12.1 Å². The number of ketones is 1. The van der Waals surface area contributed by atoms with Gasteiger partial charge >= 0.3 is 5.97 Å². The van der Waals surface area contributed by atoms with Crippen LogP contribution in [0.15, 0.2) is 66.7 Å². The highest BCUT2D eigenvalue weighted by Crippen LogP contribution is 2.16. The average Bonchev–Trinajstić information content (AvgIpc) is 2.58. The summed E-state index contributed by atoms with van der Waals surface area (Å²) in [6.07, 6.45) is 4.42. The van der Waals surface area contributed by atoms with Crippen LogP contribution in [0.2, 0.25) is 0 Å². The molecule has 3 heteroatoms. The zero-order chi connectivity index (χ0) is 17.5. The normalized spacial score (nSPS) is 11.9. The molecule has 112 valence electrons. The van der Waals surface area contributed by atoms with Gasteiger partial charge in [-0.3, -0.25) is 9.59 Å². The third-order valence-electron chi connectivity index (χ3n) is 2.92. The van der Waals surface area contributed by atoms with Crippen molar-refractivity contribution >= 4 is 11.8 Å². The Morgan fingerprint density at radius 1 is 1.05 bits per heavy atom. The molecule has 0 amide bonds. The van der Waals surface area contributed by atoms with Crippen LogP contribution in [0.25, 0.3) is 0 Å². The molecule has 0 spiro atoms. The van der Waals surface area contributed by atoms with Crippen molar-refractivity contribution in [3.63, 3.8) is 0 Å². The molecule has 0 aliphatic heterocycles. The molecule has 22 heavy (non-hydrogen) atoms. The number of carbonyl (C=O) groups is 2. The van der Waals surface area contributed by atoms with Gasteiger partial charge in [0.25, 0.3) is 0 Å². The van der Waals surface area contributed by atoms with Crippen LogP contribution in [0.1, 0.15) is 38.4 Å². The number of esters is 1. The molecule has 3 nitrogen and oxygen atoms in total. The minimum absolute atomic E-state index is 0.0808. The molecular formula is C19H18O3. The van der Waals surface area contributed by atoms with Crippen LogP contribution in [-0.2, 0) is 4.79 Å². The molecule has 2 aromatic carbocycles. The summed E-state index contributed by atoms with van der Waals surface area (Å²) in [6.45, 7) is 1.95. The lowest BCUT2D eigenvalue weighted by molar-refractivity contribution is -0.133. The van der Waals surface area contributed by atoms with E-state index in [0.717, 1.165) is 6.42 Å². The molecule has 0 saturated heterocycles. The van der Waals surface area contributed by atoms with Crippen LogP contribution in [0.3, 0.4) is 0 Å². The van der Waals surface area contributed by atoms with Crippen molar-refractivity contribution in [2.24, 2.45) is 0 Å². The predicted molar refractivity (Wildman–Crippen MR) is 86.0 cm³/mol. The van der Waals surface area contributed by atoms with Gasteiger partial charge in [0.2, 0.25) is 0 Å². The van der Waals surface area contributed by atoms with Crippen LogP contribution in [0, 0.1) is 0 Å². The smallest absolute Gasteiger partial charge is 0.315 e. The third kappa shape index (κ3) is 4.42. The van der Waals surface area contributed by atoms with Crippen LogP contribution in [-0.4, -0.2) is 11.8 Å². The van der Waals surface area contributed by atoms with Crippen molar-refractivity contribution in [2.75, 3.05) is 0 Å². The van der Waals surface area contributed by atoms with Crippen molar-refractivity contribution in [2.45, 2.75) is 19.8 Å². The van der Waals surface area contributed by atoms with Gasteiger partial charge in [0.1, 0.15) is 5.75 Å². The van der Waals surface area contributed by atoms with Crippen LogP contribution in [0.5, 0.6) is 5.75 Å². The summed E-state index contributed by atoms with van der Waals surface area (Å²) < 4.78 is 21.0. The first kappa shape index (κ1) is 13.0. The van der Waals surface area contributed by atoms with Gasteiger partial charge < -0.3 is 4.74 Å².